The number of terminal acetylenes is 1. The fraction of sp³-hybridized carbons (Fsp3) is 0.706. The van der Waals surface area contributed by atoms with Crippen LogP contribution in [0.2, 0.25) is 0 Å². The average Bonchev–Trinajstić information content (AvgIpc) is 2.41. The number of hydrogen-bond acceptors (Lipinski definition) is 5. The van der Waals surface area contributed by atoms with Gasteiger partial charge in [0.05, 0.1) is 0 Å². The molecule has 0 aromatic rings. The Morgan fingerprint density at radius 3 is 1.84 bits per heavy atom. The van der Waals surface area contributed by atoms with Gasteiger partial charge in [-0.15, -0.1) is 6.42 Å². The SMILES string of the molecule is C#CC(=O)NCCN(CCNC(=O)OC(C)(C)C)C(=O)OC(C)(C)C. The topological polar surface area (TPSA) is 97.0 Å². The van der Waals surface area contributed by atoms with Gasteiger partial charge in [0.1, 0.15) is 11.2 Å². The summed E-state index contributed by atoms with van der Waals surface area (Å²) < 4.78 is 10.4. The van der Waals surface area contributed by atoms with Crippen molar-refractivity contribution in [3.63, 3.8) is 0 Å². The summed E-state index contributed by atoms with van der Waals surface area (Å²) in [4.78, 5) is 36.3. The molecule has 0 heterocycles. The van der Waals surface area contributed by atoms with Gasteiger partial charge in [0.2, 0.25) is 0 Å². The van der Waals surface area contributed by atoms with Crippen molar-refractivity contribution in [1.29, 1.82) is 0 Å². The minimum absolute atomic E-state index is 0.175. The van der Waals surface area contributed by atoms with Gasteiger partial charge in [0.25, 0.3) is 5.91 Å². The first-order chi connectivity index (χ1) is 11.3. The molecular formula is C17H29N3O5. The molecule has 0 saturated carbocycles. The van der Waals surface area contributed by atoms with Gasteiger partial charge in [-0.25, -0.2) is 9.59 Å². The fourth-order valence-corrected chi connectivity index (χ4v) is 1.58. The summed E-state index contributed by atoms with van der Waals surface area (Å²) in [6.45, 7) is 11.3. The molecule has 2 N–H and O–H groups in total. The summed E-state index contributed by atoms with van der Waals surface area (Å²) >= 11 is 0. The zero-order chi connectivity index (χ0) is 19.7. The van der Waals surface area contributed by atoms with Crippen LogP contribution in [0.1, 0.15) is 41.5 Å². The second kappa shape index (κ2) is 9.77. The lowest BCUT2D eigenvalue weighted by atomic mass is 10.2. The lowest BCUT2D eigenvalue weighted by Crippen LogP contribution is -2.45. The standard InChI is InChI=1S/C17H29N3O5/c1-8-13(21)18-9-11-20(15(23)25-17(5,6)7)12-10-19-14(22)24-16(2,3)4/h1H,9-12H2,2-7H3,(H,18,21)(H,19,22). The third kappa shape index (κ3) is 12.6. The molecule has 8 heteroatoms. The first kappa shape index (κ1) is 22.6. The predicted octanol–water partition coefficient (Wildman–Crippen LogP) is 1.50. The molecule has 0 unspecified atom stereocenters. The number of amides is 3. The first-order valence-corrected chi connectivity index (χ1v) is 8.03. The van der Waals surface area contributed by atoms with Crippen molar-refractivity contribution >= 4 is 18.1 Å². The Hall–Kier alpha value is -2.43. The Bertz CT molecular complexity index is 512. The molecule has 0 aromatic heterocycles. The second-order valence-corrected chi connectivity index (χ2v) is 7.30. The molecule has 0 aliphatic heterocycles. The molecule has 25 heavy (non-hydrogen) atoms. The minimum atomic E-state index is -0.657. The highest BCUT2D eigenvalue weighted by Crippen LogP contribution is 2.10. The van der Waals surface area contributed by atoms with Gasteiger partial charge in [0.15, 0.2) is 0 Å². The molecule has 0 radical (unpaired) electrons. The van der Waals surface area contributed by atoms with E-state index in [9.17, 15) is 14.4 Å². The predicted molar refractivity (Wildman–Crippen MR) is 93.9 cm³/mol. The van der Waals surface area contributed by atoms with Crippen molar-refractivity contribution in [3.8, 4) is 12.3 Å². The van der Waals surface area contributed by atoms with Crippen LogP contribution in [0.25, 0.3) is 0 Å². The molecule has 142 valence electrons. The lowest BCUT2D eigenvalue weighted by Gasteiger charge is -2.27. The summed E-state index contributed by atoms with van der Waals surface area (Å²) in [5, 5.41) is 5.04. The van der Waals surface area contributed by atoms with Crippen LogP contribution in [-0.4, -0.2) is 60.4 Å². The number of nitrogens with one attached hydrogen (secondary N) is 2. The molecule has 0 aliphatic rings. The van der Waals surface area contributed by atoms with Crippen molar-refractivity contribution in [2.75, 3.05) is 26.2 Å². The Balaban J connectivity index is 4.57. The Morgan fingerprint density at radius 2 is 1.40 bits per heavy atom. The lowest BCUT2D eigenvalue weighted by molar-refractivity contribution is -0.115. The second-order valence-electron chi connectivity index (χ2n) is 7.30. The van der Waals surface area contributed by atoms with E-state index in [-0.39, 0.29) is 26.2 Å². The number of ether oxygens (including phenoxy) is 2. The average molecular weight is 355 g/mol. The molecule has 0 fully saturated rings. The van der Waals surface area contributed by atoms with Crippen LogP contribution < -0.4 is 10.6 Å². The van der Waals surface area contributed by atoms with Gasteiger partial charge in [-0.2, -0.15) is 0 Å². The number of rotatable bonds is 6. The van der Waals surface area contributed by atoms with Crippen molar-refractivity contribution in [2.45, 2.75) is 52.7 Å². The molecule has 0 rings (SSSR count). The van der Waals surface area contributed by atoms with Crippen molar-refractivity contribution in [1.82, 2.24) is 15.5 Å². The zero-order valence-electron chi connectivity index (χ0n) is 15.9. The van der Waals surface area contributed by atoms with Crippen LogP contribution in [0.4, 0.5) is 9.59 Å². The Labute approximate surface area is 149 Å². The third-order valence-electron chi connectivity index (χ3n) is 2.50. The van der Waals surface area contributed by atoms with Crippen molar-refractivity contribution < 1.29 is 23.9 Å². The van der Waals surface area contributed by atoms with Gasteiger partial charge < -0.3 is 25.0 Å². The van der Waals surface area contributed by atoms with E-state index in [1.54, 1.807) is 41.5 Å². The maximum absolute atomic E-state index is 12.2. The van der Waals surface area contributed by atoms with Crippen LogP contribution in [-0.2, 0) is 14.3 Å². The van der Waals surface area contributed by atoms with E-state index >= 15 is 0 Å². The number of alkyl carbamates (subject to hydrolysis) is 1. The quantitative estimate of drug-likeness (QED) is 0.704. The summed E-state index contributed by atoms with van der Waals surface area (Å²) in [5.74, 6) is 1.37. The fourth-order valence-electron chi connectivity index (χ4n) is 1.58. The van der Waals surface area contributed by atoms with Gasteiger partial charge in [-0.1, -0.05) is 0 Å². The van der Waals surface area contributed by atoms with Crippen LogP contribution in [0, 0.1) is 12.3 Å². The van der Waals surface area contributed by atoms with E-state index in [1.807, 2.05) is 5.92 Å². The van der Waals surface area contributed by atoms with Crippen LogP contribution in [0.15, 0.2) is 0 Å². The molecule has 3 amide bonds. The Kier molecular flexibility index (Phi) is 8.82. The molecule has 0 bridgehead atoms. The highest BCUT2D eigenvalue weighted by Gasteiger charge is 2.22. The summed E-state index contributed by atoms with van der Waals surface area (Å²) in [6.07, 6.45) is 3.85. The van der Waals surface area contributed by atoms with E-state index in [0.29, 0.717) is 0 Å². The maximum atomic E-state index is 12.2. The smallest absolute Gasteiger partial charge is 0.410 e. The summed E-state index contributed by atoms with van der Waals surface area (Å²) in [7, 11) is 0. The largest absolute Gasteiger partial charge is 0.444 e. The minimum Gasteiger partial charge on any atom is -0.444 e. The van der Waals surface area contributed by atoms with Crippen LogP contribution in [0.3, 0.4) is 0 Å². The van der Waals surface area contributed by atoms with Gasteiger partial charge >= 0.3 is 12.2 Å². The molecule has 0 atom stereocenters. The Morgan fingerprint density at radius 1 is 0.920 bits per heavy atom. The highest BCUT2D eigenvalue weighted by molar-refractivity contribution is 5.92. The third-order valence-corrected chi connectivity index (χ3v) is 2.50. The van der Waals surface area contributed by atoms with Crippen LogP contribution in [0.5, 0.6) is 0 Å². The summed E-state index contributed by atoms with van der Waals surface area (Å²) in [6, 6.07) is 0. The van der Waals surface area contributed by atoms with Gasteiger partial charge in [0, 0.05) is 26.2 Å². The molecular weight excluding hydrogens is 326 g/mol. The number of carbonyl (C=O) groups excluding carboxylic acids is 3. The van der Waals surface area contributed by atoms with E-state index in [2.05, 4.69) is 10.6 Å². The number of nitrogens with zero attached hydrogens (tertiary/aromatic N) is 1. The molecule has 0 aromatic carbocycles. The monoisotopic (exact) mass is 355 g/mol. The zero-order valence-corrected chi connectivity index (χ0v) is 15.9. The maximum Gasteiger partial charge on any atom is 0.410 e. The van der Waals surface area contributed by atoms with Gasteiger partial charge in [-0.05, 0) is 47.5 Å². The first-order valence-electron chi connectivity index (χ1n) is 8.03. The summed E-state index contributed by atoms with van der Waals surface area (Å²) in [5.41, 5.74) is -1.26. The van der Waals surface area contributed by atoms with E-state index in [1.165, 1.54) is 4.90 Å². The molecule has 8 nitrogen and oxygen atoms in total. The molecule has 0 aliphatic carbocycles. The van der Waals surface area contributed by atoms with Crippen LogP contribution >= 0.6 is 0 Å². The van der Waals surface area contributed by atoms with Crippen molar-refractivity contribution in [2.24, 2.45) is 0 Å². The highest BCUT2D eigenvalue weighted by atomic mass is 16.6. The van der Waals surface area contributed by atoms with Crippen molar-refractivity contribution in [3.05, 3.63) is 0 Å². The van der Waals surface area contributed by atoms with E-state index in [4.69, 9.17) is 15.9 Å². The van der Waals surface area contributed by atoms with E-state index < -0.39 is 29.3 Å². The van der Waals surface area contributed by atoms with Gasteiger partial charge in [-0.3, -0.25) is 4.79 Å². The normalized spacial score (nSPS) is 11.1. The van der Waals surface area contributed by atoms with E-state index in [0.717, 1.165) is 0 Å². The number of carbonyl (C=O) groups is 3. The molecule has 0 spiro atoms. The number of hydrogen-bond donors (Lipinski definition) is 2. The molecule has 0 saturated heterocycles.